The summed E-state index contributed by atoms with van der Waals surface area (Å²) in [5, 5.41) is 3.38. The van der Waals surface area contributed by atoms with Crippen molar-refractivity contribution in [1.82, 2.24) is 4.98 Å². The molecule has 0 aliphatic rings. The van der Waals surface area contributed by atoms with Crippen molar-refractivity contribution in [2.45, 2.75) is 20.4 Å². The summed E-state index contributed by atoms with van der Waals surface area (Å²) in [6.45, 7) is 4.81. The van der Waals surface area contributed by atoms with E-state index in [9.17, 15) is 0 Å². The molecule has 1 aromatic carbocycles. The van der Waals surface area contributed by atoms with Gasteiger partial charge >= 0.3 is 0 Å². The van der Waals surface area contributed by atoms with E-state index in [0.717, 1.165) is 29.2 Å². The van der Waals surface area contributed by atoms with E-state index in [1.807, 2.05) is 38.2 Å². The molecule has 2 aromatic rings. The monoisotopic (exact) mass is 242 g/mol. The number of pyridine rings is 1. The van der Waals surface area contributed by atoms with Crippen LogP contribution in [0.1, 0.15) is 16.8 Å². The molecule has 0 aliphatic heterocycles. The first-order valence-corrected chi connectivity index (χ1v) is 5.99. The van der Waals surface area contributed by atoms with Gasteiger partial charge in [0.2, 0.25) is 0 Å². The van der Waals surface area contributed by atoms with Crippen LogP contribution < -0.4 is 10.1 Å². The van der Waals surface area contributed by atoms with Crippen molar-refractivity contribution in [1.29, 1.82) is 0 Å². The molecular weight excluding hydrogens is 224 g/mol. The van der Waals surface area contributed by atoms with E-state index < -0.39 is 0 Å². The molecule has 0 spiro atoms. The average Bonchev–Trinajstić information content (AvgIpc) is 2.38. The van der Waals surface area contributed by atoms with Crippen molar-refractivity contribution in [3.8, 4) is 5.75 Å². The lowest BCUT2D eigenvalue weighted by Crippen LogP contribution is -2.00. The molecule has 3 nitrogen and oxygen atoms in total. The summed E-state index contributed by atoms with van der Waals surface area (Å²) in [5.74, 6) is 0.914. The van der Waals surface area contributed by atoms with Crippen molar-refractivity contribution < 1.29 is 4.74 Å². The van der Waals surface area contributed by atoms with Gasteiger partial charge in [0, 0.05) is 24.1 Å². The maximum atomic E-state index is 5.24. The van der Waals surface area contributed by atoms with Gasteiger partial charge in [0.05, 0.1) is 7.11 Å². The van der Waals surface area contributed by atoms with Gasteiger partial charge in [-0.05, 0) is 49.2 Å². The minimum Gasteiger partial charge on any atom is -0.496 e. The van der Waals surface area contributed by atoms with Crippen molar-refractivity contribution in [3.63, 3.8) is 0 Å². The molecule has 0 bridgehead atoms. The predicted octanol–water partition coefficient (Wildman–Crippen LogP) is 3.32. The van der Waals surface area contributed by atoms with Crippen molar-refractivity contribution in [3.05, 3.63) is 53.3 Å². The minimum absolute atomic E-state index is 0.777. The van der Waals surface area contributed by atoms with Crippen LogP contribution in [0, 0.1) is 13.8 Å². The SMILES string of the molecule is COc1ccc(NCc2ccc(C)nc2)cc1C. The van der Waals surface area contributed by atoms with E-state index in [0.29, 0.717) is 0 Å². The van der Waals surface area contributed by atoms with Crippen LogP contribution in [-0.2, 0) is 6.54 Å². The van der Waals surface area contributed by atoms with Crippen molar-refractivity contribution in [2.24, 2.45) is 0 Å². The number of hydrogen-bond acceptors (Lipinski definition) is 3. The van der Waals surface area contributed by atoms with Gasteiger partial charge in [-0.3, -0.25) is 4.98 Å². The summed E-state index contributed by atoms with van der Waals surface area (Å²) in [5.41, 5.74) is 4.44. The molecule has 18 heavy (non-hydrogen) atoms. The number of anilines is 1. The number of aromatic nitrogens is 1. The van der Waals surface area contributed by atoms with Gasteiger partial charge in [-0.1, -0.05) is 6.07 Å². The fourth-order valence-corrected chi connectivity index (χ4v) is 1.80. The van der Waals surface area contributed by atoms with Gasteiger partial charge in [-0.25, -0.2) is 0 Å². The van der Waals surface area contributed by atoms with Crippen LogP contribution >= 0.6 is 0 Å². The van der Waals surface area contributed by atoms with Crippen LogP contribution in [0.5, 0.6) is 5.75 Å². The van der Waals surface area contributed by atoms with Gasteiger partial charge < -0.3 is 10.1 Å². The maximum absolute atomic E-state index is 5.24. The lowest BCUT2D eigenvalue weighted by Gasteiger charge is -2.10. The number of rotatable bonds is 4. The first-order chi connectivity index (χ1) is 8.69. The largest absolute Gasteiger partial charge is 0.496 e. The highest BCUT2D eigenvalue weighted by molar-refractivity contribution is 5.51. The molecule has 0 amide bonds. The second-order valence-corrected chi connectivity index (χ2v) is 4.35. The number of nitrogens with one attached hydrogen (secondary N) is 1. The van der Waals surface area contributed by atoms with E-state index in [-0.39, 0.29) is 0 Å². The highest BCUT2D eigenvalue weighted by atomic mass is 16.5. The second-order valence-electron chi connectivity index (χ2n) is 4.35. The zero-order valence-electron chi connectivity index (χ0n) is 11.0. The Morgan fingerprint density at radius 1 is 1.17 bits per heavy atom. The molecule has 1 aromatic heterocycles. The highest BCUT2D eigenvalue weighted by Crippen LogP contribution is 2.21. The number of ether oxygens (including phenoxy) is 1. The van der Waals surface area contributed by atoms with E-state index >= 15 is 0 Å². The van der Waals surface area contributed by atoms with Crippen LogP contribution in [0.2, 0.25) is 0 Å². The molecular formula is C15H18N2O. The first-order valence-electron chi connectivity index (χ1n) is 5.99. The zero-order valence-corrected chi connectivity index (χ0v) is 11.0. The molecule has 0 radical (unpaired) electrons. The third kappa shape index (κ3) is 3.00. The Labute approximate surface area is 108 Å². The second kappa shape index (κ2) is 5.54. The van der Waals surface area contributed by atoms with E-state index in [4.69, 9.17) is 4.74 Å². The number of benzene rings is 1. The molecule has 3 heteroatoms. The standard InChI is InChI=1S/C15H18N2O/c1-11-8-14(6-7-15(11)18-3)17-10-13-5-4-12(2)16-9-13/h4-9,17H,10H2,1-3H3. The number of hydrogen-bond donors (Lipinski definition) is 1. The molecule has 0 saturated heterocycles. The van der Waals surface area contributed by atoms with E-state index in [1.165, 1.54) is 5.56 Å². The molecule has 0 atom stereocenters. The normalized spacial score (nSPS) is 10.2. The molecule has 94 valence electrons. The topological polar surface area (TPSA) is 34.1 Å². The summed E-state index contributed by atoms with van der Waals surface area (Å²) >= 11 is 0. The molecule has 0 fully saturated rings. The van der Waals surface area contributed by atoms with Gasteiger partial charge in [0.1, 0.15) is 5.75 Å². The predicted molar refractivity (Wildman–Crippen MR) is 74.0 cm³/mol. The van der Waals surface area contributed by atoms with Crippen LogP contribution in [-0.4, -0.2) is 12.1 Å². The molecule has 0 saturated carbocycles. The first kappa shape index (κ1) is 12.4. The fourth-order valence-electron chi connectivity index (χ4n) is 1.80. The van der Waals surface area contributed by atoms with Crippen LogP contribution in [0.25, 0.3) is 0 Å². The van der Waals surface area contributed by atoms with Gasteiger partial charge in [0.25, 0.3) is 0 Å². The molecule has 1 heterocycles. The Morgan fingerprint density at radius 3 is 2.61 bits per heavy atom. The Morgan fingerprint density at radius 2 is 2.00 bits per heavy atom. The Balaban J connectivity index is 2.02. The zero-order chi connectivity index (χ0) is 13.0. The third-order valence-electron chi connectivity index (χ3n) is 2.86. The van der Waals surface area contributed by atoms with Crippen LogP contribution in [0.4, 0.5) is 5.69 Å². The van der Waals surface area contributed by atoms with Crippen molar-refractivity contribution in [2.75, 3.05) is 12.4 Å². The Hall–Kier alpha value is -2.03. The Bertz CT molecular complexity index is 521. The summed E-state index contributed by atoms with van der Waals surface area (Å²) in [4.78, 5) is 4.28. The fraction of sp³-hybridized carbons (Fsp3) is 0.267. The molecule has 0 unspecified atom stereocenters. The average molecular weight is 242 g/mol. The van der Waals surface area contributed by atoms with E-state index in [2.05, 4.69) is 22.4 Å². The van der Waals surface area contributed by atoms with Crippen LogP contribution in [0.3, 0.4) is 0 Å². The summed E-state index contributed by atoms with van der Waals surface area (Å²) in [6.07, 6.45) is 1.90. The van der Waals surface area contributed by atoms with Gasteiger partial charge in [0.15, 0.2) is 0 Å². The van der Waals surface area contributed by atoms with Gasteiger partial charge in [-0.15, -0.1) is 0 Å². The smallest absolute Gasteiger partial charge is 0.121 e. The lowest BCUT2D eigenvalue weighted by molar-refractivity contribution is 0.412. The van der Waals surface area contributed by atoms with Crippen molar-refractivity contribution >= 4 is 5.69 Å². The lowest BCUT2D eigenvalue weighted by atomic mass is 10.2. The van der Waals surface area contributed by atoms with Crippen LogP contribution in [0.15, 0.2) is 36.5 Å². The maximum Gasteiger partial charge on any atom is 0.121 e. The number of nitrogens with zero attached hydrogens (tertiary/aromatic N) is 1. The summed E-state index contributed by atoms with van der Waals surface area (Å²) in [7, 11) is 1.69. The molecule has 2 rings (SSSR count). The van der Waals surface area contributed by atoms with Gasteiger partial charge in [-0.2, -0.15) is 0 Å². The highest BCUT2D eigenvalue weighted by Gasteiger charge is 2.00. The summed E-state index contributed by atoms with van der Waals surface area (Å²) in [6, 6.07) is 10.2. The van der Waals surface area contributed by atoms with E-state index in [1.54, 1.807) is 7.11 Å². The number of methoxy groups -OCH3 is 1. The third-order valence-corrected chi connectivity index (χ3v) is 2.86. The minimum atomic E-state index is 0.777. The Kier molecular flexibility index (Phi) is 3.82. The summed E-state index contributed by atoms with van der Waals surface area (Å²) < 4.78 is 5.24. The molecule has 1 N–H and O–H groups in total. The molecule has 0 aliphatic carbocycles. The number of aryl methyl sites for hydroxylation is 2. The quantitative estimate of drug-likeness (QED) is 0.893.